The summed E-state index contributed by atoms with van der Waals surface area (Å²) in [7, 11) is 0. The molecule has 2 N–H and O–H groups in total. The standard InChI is InChI=1S/C15H23N3/c1-11-3-4-13-14(9-11)17-12(2)10-15(13)18-7-5-16-6-8-18/h3-4,9,12,15-17H,5-8,10H2,1-2H3. The van der Waals surface area contributed by atoms with Gasteiger partial charge >= 0.3 is 0 Å². The fraction of sp³-hybridized carbons (Fsp3) is 0.600. The average molecular weight is 245 g/mol. The van der Waals surface area contributed by atoms with Crippen molar-refractivity contribution in [1.29, 1.82) is 0 Å². The zero-order chi connectivity index (χ0) is 12.5. The van der Waals surface area contributed by atoms with Gasteiger partial charge in [0.1, 0.15) is 0 Å². The van der Waals surface area contributed by atoms with Gasteiger partial charge in [-0.1, -0.05) is 12.1 Å². The van der Waals surface area contributed by atoms with Crippen LogP contribution < -0.4 is 10.6 Å². The van der Waals surface area contributed by atoms with Crippen molar-refractivity contribution in [2.75, 3.05) is 31.5 Å². The van der Waals surface area contributed by atoms with E-state index in [-0.39, 0.29) is 0 Å². The summed E-state index contributed by atoms with van der Waals surface area (Å²) >= 11 is 0. The normalized spacial score (nSPS) is 28.6. The molecular formula is C15H23N3. The smallest absolute Gasteiger partial charge is 0.0393 e. The second-order valence-corrected chi connectivity index (χ2v) is 5.67. The molecule has 18 heavy (non-hydrogen) atoms. The third kappa shape index (κ3) is 2.25. The molecule has 0 amide bonds. The third-order valence-electron chi connectivity index (χ3n) is 4.14. The number of nitrogens with one attached hydrogen (secondary N) is 2. The maximum atomic E-state index is 3.63. The molecule has 2 heterocycles. The molecule has 98 valence electrons. The summed E-state index contributed by atoms with van der Waals surface area (Å²) in [5.41, 5.74) is 4.17. The van der Waals surface area contributed by atoms with Crippen molar-refractivity contribution >= 4 is 5.69 Å². The summed E-state index contributed by atoms with van der Waals surface area (Å²) in [6.45, 7) is 9.05. The number of fused-ring (bicyclic) bond motifs is 1. The largest absolute Gasteiger partial charge is 0.382 e. The molecule has 2 unspecified atom stereocenters. The van der Waals surface area contributed by atoms with Crippen LogP contribution in [0.1, 0.15) is 30.5 Å². The Morgan fingerprint density at radius 2 is 2.00 bits per heavy atom. The number of aryl methyl sites for hydroxylation is 1. The van der Waals surface area contributed by atoms with Crippen molar-refractivity contribution < 1.29 is 0 Å². The van der Waals surface area contributed by atoms with E-state index in [9.17, 15) is 0 Å². The van der Waals surface area contributed by atoms with Crippen LogP contribution in [0.4, 0.5) is 5.69 Å². The fourth-order valence-electron chi connectivity index (χ4n) is 3.21. The molecule has 0 spiro atoms. The van der Waals surface area contributed by atoms with E-state index in [2.05, 4.69) is 47.6 Å². The van der Waals surface area contributed by atoms with E-state index in [1.807, 2.05) is 0 Å². The van der Waals surface area contributed by atoms with Gasteiger partial charge in [-0.15, -0.1) is 0 Å². The molecule has 0 aliphatic carbocycles. The lowest BCUT2D eigenvalue weighted by Gasteiger charge is -2.40. The second kappa shape index (κ2) is 4.90. The Balaban J connectivity index is 1.91. The van der Waals surface area contributed by atoms with Crippen LogP contribution >= 0.6 is 0 Å². The predicted molar refractivity (Wildman–Crippen MR) is 76.1 cm³/mol. The van der Waals surface area contributed by atoms with Crippen LogP contribution in [0.2, 0.25) is 0 Å². The first-order valence-electron chi connectivity index (χ1n) is 7.06. The van der Waals surface area contributed by atoms with Gasteiger partial charge in [-0.3, -0.25) is 4.90 Å². The number of rotatable bonds is 1. The monoisotopic (exact) mass is 245 g/mol. The van der Waals surface area contributed by atoms with Crippen LogP contribution in [0.3, 0.4) is 0 Å². The molecule has 1 aromatic rings. The molecule has 1 saturated heterocycles. The minimum absolute atomic E-state index is 0.569. The molecule has 1 fully saturated rings. The van der Waals surface area contributed by atoms with Crippen LogP contribution in [-0.2, 0) is 0 Å². The van der Waals surface area contributed by atoms with Crippen LogP contribution in [0.15, 0.2) is 18.2 Å². The quantitative estimate of drug-likeness (QED) is 0.794. The summed E-state index contributed by atoms with van der Waals surface area (Å²) in [4.78, 5) is 2.64. The highest BCUT2D eigenvalue weighted by Crippen LogP contribution is 2.37. The van der Waals surface area contributed by atoms with E-state index in [1.165, 1.54) is 36.3 Å². The topological polar surface area (TPSA) is 27.3 Å². The van der Waals surface area contributed by atoms with Crippen molar-refractivity contribution in [2.45, 2.75) is 32.4 Å². The number of benzene rings is 1. The zero-order valence-electron chi connectivity index (χ0n) is 11.4. The molecule has 3 nitrogen and oxygen atoms in total. The van der Waals surface area contributed by atoms with Gasteiger partial charge in [0.05, 0.1) is 0 Å². The van der Waals surface area contributed by atoms with E-state index in [0.717, 1.165) is 13.1 Å². The maximum absolute atomic E-state index is 3.63. The van der Waals surface area contributed by atoms with E-state index in [4.69, 9.17) is 0 Å². The molecule has 3 rings (SSSR count). The predicted octanol–water partition coefficient (Wildman–Crippen LogP) is 2.15. The van der Waals surface area contributed by atoms with Gasteiger partial charge in [-0.25, -0.2) is 0 Å². The first-order valence-corrected chi connectivity index (χ1v) is 7.06. The lowest BCUT2D eigenvalue weighted by molar-refractivity contribution is 0.159. The van der Waals surface area contributed by atoms with Gasteiger partial charge in [0, 0.05) is 44.0 Å². The van der Waals surface area contributed by atoms with E-state index < -0.39 is 0 Å². The Kier molecular flexibility index (Phi) is 3.27. The molecule has 2 aliphatic rings. The summed E-state index contributed by atoms with van der Waals surface area (Å²) in [6, 6.07) is 8.01. The summed E-state index contributed by atoms with van der Waals surface area (Å²) in [5.74, 6) is 0. The zero-order valence-corrected chi connectivity index (χ0v) is 11.4. The fourth-order valence-corrected chi connectivity index (χ4v) is 3.21. The Hall–Kier alpha value is -1.06. The molecule has 2 atom stereocenters. The number of anilines is 1. The Morgan fingerprint density at radius 3 is 2.78 bits per heavy atom. The summed E-state index contributed by atoms with van der Waals surface area (Å²) in [6.07, 6.45) is 1.22. The number of hydrogen-bond donors (Lipinski definition) is 2. The molecular weight excluding hydrogens is 222 g/mol. The van der Waals surface area contributed by atoms with Gasteiger partial charge in [0.25, 0.3) is 0 Å². The SMILES string of the molecule is Cc1ccc2c(c1)NC(C)CC2N1CCNCC1. The van der Waals surface area contributed by atoms with Gasteiger partial charge < -0.3 is 10.6 Å². The van der Waals surface area contributed by atoms with Crippen LogP contribution in [0.25, 0.3) is 0 Å². The van der Waals surface area contributed by atoms with E-state index >= 15 is 0 Å². The van der Waals surface area contributed by atoms with Crippen molar-refractivity contribution in [3.8, 4) is 0 Å². The van der Waals surface area contributed by atoms with E-state index in [1.54, 1.807) is 0 Å². The summed E-state index contributed by atoms with van der Waals surface area (Å²) < 4.78 is 0. The van der Waals surface area contributed by atoms with Crippen molar-refractivity contribution in [3.05, 3.63) is 29.3 Å². The average Bonchev–Trinajstić information content (AvgIpc) is 2.38. The minimum atomic E-state index is 0.569. The maximum Gasteiger partial charge on any atom is 0.0393 e. The van der Waals surface area contributed by atoms with Crippen LogP contribution in [0, 0.1) is 6.92 Å². The Labute approximate surface area is 110 Å². The van der Waals surface area contributed by atoms with Crippen molar-refractivity contribution in [3.63, 3.8) is 0 Å². The van der Waals surface area contributed by atoms with Gasteiger partial charge in [0.2, 0.25) is 0 Å². The summed E-state index contributed by atoms with van der Waals surface area (Å²) in [5, 5.41) is 7.07. The number of nitrogens with zero attached hydrogens (tertiary/aromatic N) is 1. The lowest BCUT2D eigenvalue weighted by Crippen LogP contribution is -2.47. The van der Waals surface area contributed by atoms with Crippen molar-refractivity contribution in [2.24, 2.45) is 0 Å². The molecule has 2 aliphatic heterocycles. The number of piperazine rings is 1. The highest BCUT2D eigenvalue weighted by Gasteiger charge is 2.29. The molecule has 0 bridgehead atoms. The van der Waals surface area contributed by atoms with Crippen molar-refractivity contribution in [1.82, 2.24) is 10.2 Å². The van der Waals surface area contributed by atoms with Gasteiger partial charge in [0.15, 0.2) is 0 Å². The molecule has 0 radical (unpaired) electrons. The third-order valence-corrected chi connectivity index (χ3v) is 4.14. The van der Waals surface area contributed by atoms with Crippen LogP contribution in [0.5, 0.6) is 0 Å². The molecule has 1 aromatic carbocycles. The molecule has 3 heteroatoms. The van der Waals surface area contributed by atoms with Crippen LogP contribution in [-0.4, -0.2) is 37.1 Å². The Bertz CT molecular complexity index is 424. The van der Waals surface area contributed by atoms with E-state index in [0.29, 0.717) is 12.1 Å². The lowest BCUT2D eigenvalue weighted by atomic mass is 9.91. The van der Waals surface area contributed by atoms with Gasteiger partial charge in [-0.05, 0) is 37.5 Å². The minimum Gasteiger partial charge on any atom is -0.382 e. The first kappa shape index (κ1) is 12.0. The highest BCUT2D eigenvalue weighted by atomic mass is 15.2. The first-order chi connectivity index (χ1) is 8.74. The molecule has 0 aromatic heterocycles. The molecule has 0 saturated carbocycles. The highest BCUT2D eigenvalue weighted by molar-refractivity contribution is 5.57. The second-order valence-electron chi connectivity index (χ2n) is 5.67. The Morgan fingerprint density at radius 1 is 1.22 bits per heavy atom. The number of hydrogen-bond acceptors (Lipinski definition) is 3. The van der Waals surface area contributed by atoms with Gasteiger partial charge in [-0.2, -0.15) is 0 Å².